The van der Waals surface area contributed by atoms with Crippen molar-refractivity contribution in [1.29, 1.82) is 0 Å². The van der Waals surface area contributed by atoms with Crippen LogP contribution in [0.15, 0.2) is 17.0 Å². The lowest BCUT2D eigenvalue weighted by molar-refractivity contribution is -0.387. The Morgan fingerprint density at radius 2 is 1.76 bits per heavy atom. The van der Waals surface area contributed by atoms with Crippen LogP contribution in [0, 0.1) is 29.4 Å². The van der Waals surface area contributed by atoms with E-state index in [-0.39, 0.29) is 28.4 Å². The molecule has 1 spiro atoms. The summed E-state index contributed by atoms with van der Waals surface area (Å²) in [4.78, 5) is 10.6. The fraction of sp³-hybridized carbons (Fsp3) is 0.625. The molecule has 0 bridgehead atoms. The van der Waals surface area contributed by atoms with Gasteiger partial charge in [0.2, 0.25) is 10.0 Å². The average molecular weight is 390 g/mol. The molecule has 1 aromatic carbocycles. The third-order valence-corrected chi connectivity index (χ3v) is 7.33. The molecule has 140 valence electrons. The minimum Gasteiger partial charge on any atom is -0.317 e. The molecule has 9 heteroatoms. The molecular formula is C16H24ClN3O4S. The van der Waals surface area contributed by atoms with E-state index in [2.05, 4.69) is 5.32 Å². The van der Waals surface area contributed by atoms with Crippen LogP contribution in [0.25, 0.3) is 0 Å². The maximum Gasteiger partial charge on any atom is 0.289 e. The highest BCUT2D eigenvalue weighted by Gasteiger charge is 2.44. The Kier molecular flexibility index (Phi) is 5.78. The fourth-order valence-electron chi connectivity index (χ4n) is 3.73. The van der Waals surface area contributed by atoms with Crippen LogP contribution < -0.4 is 5.32 Å². The number of sulfonamides is 1. The predicted octanol–water partition coefficient (Wildman–Crippen LogP) is 2.40. The van der Waals surface area contributed by atoms with E-state index in [4.69, 9.17) is 0 Å². The second-order valence-electron chi connectivity index (χ2n) is 7.00. The van der Waals surface area contributed by atoms with E-state index in [9.17, 15) is 18.5 Å². The first kappa shape index (κ1) is 20.1. The second kappa shape index (κ2) is 7.19. The van der Waals surface area contributed by atoms with Crippen molar-refractivity contribution in [3.05, 3.63) is 33.4 Å². The Bertz CT molecular complexity index is 776. The van der Waals surface area contributed by atoms with E-state index >= 15 is 0 Å². The standard InChI is InChI=1S/C16H23N3O4S.ClH/c1-12-9-14(19(20)21)15(10-13(12)2)24(22,23)18-8-5-16(11-18)3-6-17-7-4-16;/h9-10,17H,3-8,11H2,1-2H3;1H. The molecule has 2 fully saturated rings. The third-order valence-electron chi connectivity index (χ3n) is 5.46. The molecule has 0 atom stereocenters. The van der Waals surface area contributed by atoms with Crippen LogP contribution in [-0.2, 0) is 10.0 Å². The molecule has 0 radical (unpaired) electrons. The Morgan fingerprint density at radius 1 is 1.16 bits per heavy atom. The van der Waals surface area contributed by atoms with Gasteiger partial charge in [-0.05, 0) is 68.8 Å². The lowest BCUT2D eigenvalue weighted by Crippen LogP contribution is -2.39. The minimum atomic E-state index is -3.86. The number of rotatable bonds is 3. The van der Waals surface area contributed by atoms with Gasteiger partial charge in [0.25, 0.3) is 5.69 Å². The highest BCUT2D eigenvalue weighted by molar-refractivity contribution is 7.89. The van der Waals surface area contributed by atoms with Gasteiger partial charge >= 0.3 is 0 Å². The summed E-state index contributed by atoms with van der Waals surface area (Å²) in [5.74, 6) is 0. The van der Waals surface area contributed by atoms with Gasteiger partial charge in [0, 0.05) is 19.2 Å². The Hall–Kier alpha value is -1.22. The van der Waals surface area contributed by atoms with Gasteiger partial charge in [-0.3, -0.25) is 10.1 Å². The van der Waals surface area contributed by atoms with Crippen LogP contribution in [-0.4, -0.2) is 43.8 Å². The second-order valence-corrected chi connectivity index (χ2v) is 8.91. The van der Waals surface area contributed by atoms with Crippen molar-refractivity contribution in [1.82, 2.24) is 9.62 Å². The van der Waals surface area contributed by atoms with Gasteiger partial charge in [-0.2, -0.15) is 4.31 Å². The molecule has 0 amide bonds. The van der Waals surface area contributed by atoms with Crippen LogP contribution in [0.5, 0.6) is 0 Å². The molecule has 0 unspecified atom stereocenters. The number of hydrogen-bond acceptors (Lipinski definition) is 5. The maximum atomic E-state index is 13.1. The zero-order valence-electron chi connectivity index (χ0n) is 14.4. The number of piperidine rings is 1. The van der Waals surface area contributed by atoms with E-state index in [0.717, 1.165) is 43.5 Å². The van der Waals surface area contributed by atoms with Gasteiger partial charge < -0.3 is 5.32 Å². The van der Waals surface area contributed by atoms with Crippen molar-refractivity contribution in [3.8, 4) is 0 Å². The summed E-state index contributed by atoms with van der Waals surface area (Å²) >= 11 is 0. The van der Waals surface area contributed by atoms with Crippen molar-refractivity contribution in [2.75, 3.05) is 26.2 Å². The lowest BCUT2D eigenvalue weighted by atomic mass is 9.78. The van der Waals surface area contributed by atoms with Gasteiger partial charge in [0.05, 0.1) is 4.92 Å². The topological polar surface area (TPSA) is 92.5 Å². The van der Waals surface area contributed by atoms with E-state index in [1.54, 1.807) is 13.8 Å². The number of halogens is 1. The summed E-state index contributed by atoms with van der Waals surface area (Å²) < 4.78 is 27.6. The van der Waals surface area contributed by atoms with E-state index in [1.165, 1.54) is 16.4 Å². The number of nitro groups is 1. The first-order valence-electron chi connectivity index (χ1n) is 8.22. The monoisotopic (exact) mass is 389 g/mol. The number of aryl methyl sites for hydroxylation is 2. The Balaban J connectivity index is 0.00000225. The molecule has 2 aliphatic heterocycles. The van der Waals surface area contributed by atoms with E-state index in [0.29, 0.717) is 13.1 Å². The first-order valence-corrected chi connectivity index (χ1v) is 9.66. The smallest absolute Gasteiger partial charge is 0.289 e. The SMILES string of the molecule is Cc1cc([N+](=O)[O-])c(S(=O)(=O)N2CCC3(CCNCC3)C2)cc1C.Cl. The normalized spacial score (nSPS) is 20.4. The molecule has 2 aliphatic rings. The third kappa shape index (κ3) is 3.67. The molecule has 0 aromatic heterocycles. The number of benzene rings is 1. The van der Waals surface area contributed by atoms with Crippen molar-refractivity contribution >= 4 is 28.1 Å². The van der Waals surface area contributed by atoms with Gasteiger partial charge in [-0.25, -0.2) is 8.42 Å². The van der Waals surface area contributed by atoms with Crippen LogP contribution in [0.2, 0.25) is 0 Å². The molecule has 1 aromatic rings. The van der Waals surface area contributed by atoms with Crippen molar-refractivity contribution in [2.45, 2.75) is 38.0 Å². The summed E-state index contributed by atoms with van der Waals surface area (Å²) in [6.45, 7) is 6.22. The quantitative estimate of drug-likeness (QED) is 0.633. The van der Waals surface area contributed by atoms with E-state index < -0.39 is 14.9 Å². The number of nitro benzene ring substituents is 1. The highest BCUT2D eigenvalue weighted by atomic mass is 35.5. The zero-order chi connectivity index (χ0) is 17.5. The molecule has 7 nitrogen and oxygen atoms in total. The number of nitrogens with zero attached hydrogens (tertiary/aromatic N) is 2. The summed E-state index contributed by atoms with van der Waals surface area (Å²) in [6.07, 6.45) is 2.73. The van der Waals surface area contributed by atoms with Crippen LogP contribution in [0.3, 0.4) is 0 Å². The van der Waals surface area contributed by atoms with Gasteiger partial charge in [0.15, 0.2) is 4.90 Å². The molecule has 3 rings (SSSR count). The summed E-state index contributed by atoms with van der Waals surface area (Å²) in [5.41, 5.74) is 1.16. The van der Waals surface area contributed by atoms with Gasteiger partial charge in [0.1, 0.15) is 0 Å². The average Bonchev–Trinajstić information content (AvgIpc) is 2.94. The summed E-state index contributed by atoms with van der Waals surface area (Å²) in [6, 6.07) is 2.80. The minimum absolute atomic E-state index is 0. The number of nitrogens with one attached hydrogen (secondary N) is 1. The Labute approximate surface area is 154 Å². The maximum absolute atomic E-state index is 13.1. The first-order chi connectivity index (χ1) is 11.3. The molecule has 0 aliphatic carbocycles. The van der Waals surface area contributed by atoms with Crippen LogP contribution in [0.1, 0.15) is 30.4 Å². The highest BCUT2D eigenvalue weighted by Crippen LogP contribution is 2.41. The van der Waals surface area contributed by atoms with Crippen molar-refractivity contribution in [3.63, 3.8) is 0 Å². The van der Waals surface area contributed by atoms with Crippen LogP contribution in [0.4, 0.5) is 5.69 Å². The molecule has 25 heavy (non-hydrogen) atoms. The largest absolute Gasteiger partial charge is 0.317 e. The number of hydrogen-bond donors (Lipinski definition) is 1. The molecule has 0 saturated carbocycles. The van der Waals surface area contributed by atoms with E-state index in [1.807, 2.05) is 0 Å². The van der Waals surface area contributed by atoms with Gasteiger partial charge in [-0.15, -0.1) is 12.4 Å². The molecule has 2 saturated heterocycles. The lowest BCUT2D eigenvalue weighted by Gasteiger charge is -2.33. The molecular weight excluding hydrogens is 366 g/mol. The molecule has 1 N–H and O–H groups in total. The Morgan fingerprint density at radius 3 is 2.36 bits per heavy atom. The summed E-state index contributed by atoms with van der Waals surface area (Å²) in [5, 5.41) is 14.7. The fourth-order valence-corrected chi connectivity index (χ4v) is 5.50. The van der Waals surface area contributed by atoms with Gasteiger partial charge in [-0.1, -0.05) is 0 Å². The van der Waals surface area contributed by atoms with Crippen molar-refractivity contribution < 1.29 is 13.3 Å². The summed E-state index contributed by atoms with van der Waals surface area (Å²) in [7, 11) is -3.86. The zero-order valence-corrected chi connectivity index (χ0v) is 16.1. The van der Waals surface area contributed by atoms with Crippen molar-refractivity contribution in [2.24, 2.45) is 5.41 Å². The van der Waals surface area contributed by atoms with Crippen LogP contribution >= 0.6 is 12.4 Å². The molecule has 2 heterocycles. The predicted molar refractivity (Wildman–Crippen MR) is 97.7 cm³/mol.